The van der Waals surface area contributed by atoms with Gasteiger partial charge in [0.2, 0.25) is 5.95 Å². The van der Waals surface area contributed by atoms with E-state index in [0.29, 0.717) is 29.3 Å². The van der Waals surface area contributed by atoms with Gasteiger partial charge in [-0.1, -0.05) is 17.7 Å². The number of para-hydroxylation sites is 1. The number of carbonyl (C=O) groups is 1. The first-order chi connectivity index (χ1) is 11.1. The molecule has 1 aromatic heterocycles. The summed E-state index contributed by atoms with van der Waals surface area (Å²) < 4.78 is 1.50. The number of fused-ring (bicyclic) bond motifs is 1. The normalized spacial score (nSPS) is 14.8. The van der Waals surface area contributed by atoms with E-state index in [-0.39, 0.29) is 11.5 Å². The number of carbonyl (C=O) groups excluding carboxylic acids is 1. The molecule has 0 spiro atoms. The average molecular weight is 312 g/mol. The highest BCUT2D eigenvalue weighted by molar-refractivity contribution is 5.89. The molecule has 2 aromatic rings. The third kappa shape index (κ3) is 3.26. The summed E-state index contributed by atoms with van der Waals surface area (Å²) in [4.78, 5) is 28.8. The largest absolute Gasteiger partial charge is 0.277 e. The van der Waals surface area contributed by atoms with Gasteiger partial charge in [-0.05, 0) is 44.7 Å². The summed E-state index contributed by atoms with van der Waals surface area (Å²) in [6.45, 7) is 4.29. The molecule has 120 valence electrons. The minimum Gasteiger partial charge on any atom is -0.277 e. The summed E-state index contributed by atoms with van der Waals surface area (Å²) in [5, 5.41) is 0.565. The van der Waals surface area contributed by atoms with Gasteiger partial charge < -0.3 is 0 Å². The molecule has 0 radical (unpaired) electrons. The zero-order valence-electron chi connectivity index (χ0n) is 13.3. The fourth-order valence-corrected chi connectivity index (χ4v) is 2.57. The molecule has 1 heterocycles. The van der Waals surface area contributed by atoms with Gasteiger partial charge in [-0.25, -0.2) is 4.98 Å². The second kappa shape index (κ2) is 6.24. The van der Waals surface area contributed by atoms with Crippen LogP contribution >= 0.6 is 0 Å². The maximum atomic E-state index is 12.5. The number of rotatable bonds is 5. The maximum Gasteiger partial charge on any atom is 0.262 e. The van der Waals surface area contributed by atoms with Gasteiger partial charge in [-0.15, -0.1) is 0 Å². The Balaban J connectivity index is 1.83. The zero-order valence-corrected chi connectivity index (χ0v) is 13.3. The summed E-state index contributed by atoms with van der Waals surface area (Å²) in [6, 6.07) is 7.17. The number of benzene rings is 1. The van der Waals surface area contributed by atoms with Crippen molar-refractivity contribution in [1.29, 1.82) is 0 Å². The monoisotopic (exact) mass is 312 g/mol. The van der Waals surface area contributed by atoms with Crippen LogP contribution in [-0.2, 0) is 11.3 Å². The lowest BCUT2D eigenvalue weighted by Gasteiger charge is -2.13. The summed E-state index contributed by atoms with van der Waals surface area (Å²) in [5.74, 6) is 0.648. The van der Waals surface area contributed by atoms with E-state index < -0.39 is 0 Å². The van der Waals surface area contributed by atoms with Crippen molar-refractivity contribution >= 4 is 22.8 Å². The van der Waals surface area contributed by atoms with Crippen LogP contribution in [-0.4, -0.2) is 15.5 Å². The smallest absolute Gasteiger partial charge is 0.262 e. The molecule has 2 N–H and O–H groups in total. The Morgan fingerprint density at radius 3 is 2.83 bits per heavy atom. The molecule has 6 heteroatoms. The molecule has 1 amide bonds. The minimum absolute atomic E-state index is 0.125. The summed E-state index contributed by atoms with van der Waals surface area (Å²) in [5.41, 5.74) is 6.92. The molecular weight excluding hydrogens is 292 g/mol. The van der Waals surface area contributed by atoms with Gasteiger partial charge in [-0.2, -0.15) is 0 Å². The van der Waals surface area contributed by atoms with Crippen molar-refractivity contribution in [2.75, 3.05) is 5.43 Å². The number of hydrogen-bond acceptors (Lipinski definition) is 4. The highest BCUT2D eigenvalue weighted by Crippen LogP contribution is 2.35. The predicted octanol–water partition coefficient (Wildman–Crippen LogP) is 2.22. The van der Waals surface area contributed by atoms with Gasteiger partial charge >= 0.3 is 0 Å². The van der Waals surface area contributed by atoms with Gasteiger partial charge in [0.1, 0.15) is 0 Å². The zero-order chi connectivity index (χ0) is 16.4. The fourth-order valence-electron chi connectivity index (χ4n) is 2.57. The fraction of sp³-hybridized carbons (Fsp3) is 0.353. The van der Waals surface area contributed by atoms with E-state index in [1.165, 1.54) is 4.57 Å². The number of allylic oxidation sites excluding steroid dienone is 1. The number of aromatic nitrogens is 2. The van der Waals surface area contributed by atoms with Crippen LogP contribution in [0.3, 0.4) is 0 Å². The molecule has 0 bridgehead atoms. The number of amides is 1. The lowest BCUT2D eigenvalue weighted by molar-refractivity contribution is -0.116. The number of hydrogen-bond donors (Lipinski definition) is 2. The van der Waals surface area contributed by atoms with E-state index in [1.54, 1.807) is 18.2 Å². The SMILES string of the molecule is CCn1c(NNC(=O)/C=C(\C)C2CC2)nc2ccccc2c1=O. The van der Waals surface area contributed by atoms with Crippen molar-refractivity contribution in [2.45, 2.75) is 33.2 Å². The Morgan fingerprint density at radius 2 is 2.13 bits per heavy atom. The van der Waals surface area contributed by atoms with Gasteiger partial charge in [0.05, 0.1) is 10.9 Å². The molecule has 1 fully saturated rings. The van der Waals surface area contributed by atoms with Crippen LogP contribution in [0.25, 0.3) is 10.9 Å². The van der Waals surface area contributed by atoms with Crippen LogP contribution in [0.15, 0.2) is 40.7 Å². The van der Waals surface area contributed by atoms with Crippen molar-refractivity contribution in [2.24, 2.45) is 5.92 Å². The Morgan fingerprint density at radius 1 is 1.39 bits per heavy atom. The molecule has 0 saturated heterocycles. The molecule has 6 nitrogen and oxygen atoms in total. The van der Waals surface area contributed by atoms with Crippen molar-refractivity contribution in [1.82, 2.24) is 15.0 Å². The summed E-state index contributed by atoms with van der Waals surface area (Å²) in [7, 11) is 0. The highest BCUT2D eigenvalue weighted by atomic mass is 16.2. The molecule has 1 aliphatic carbocycles. The Hall–Kier alpha value is -2.63. The molecule has 23 heavy (non-hydrogen) atoms. The predicted molar refractivity (Wildman–Crippen MR) is 89.9 cm³/mol. The van der Waals surface area contributed by atoms with E-state index >= 15 is 0 Å². The first kappa shape index (κ1) is 15.3. The molecular formula is C17H20N4O2. The first-order valence-electron chi connectivity index (χ1n) is 7.84. The average Bonchev–Trinajstić information content (AvgIpc) is 3.38. The Bertz CT molecular complexity index is 834. The standard InChI is InChI=1S/C17H20N4O2/c1-3-21-16(23)13-6-4-5-7-14(13)18-17(21)20-19-15(22)10-11(2)12-8-9-12/h4-7,10,12H,3,8-9H2,1-2H3,(H,18,20)(H,19,22)/b11-10+. The van der Waals surface area contributed by atoms with E-state index in [4.69, 9.17) is 0 Å². The second-order valence-electron chi connectivity index (χ2n) is 5.78. The lowest BCUT2D eigenvalue weighted by atomic mass is 10.2. The van der Waals surface area contributed by atoms with Gasteiger partial charge in [0, 0.05) is 12.6 Å². The Kier molecular flexibility index (Phi) is 4.14. The van der Waals surface area contributed by atoms with Crippen molar-refractivity contribution in [3.63, 3.8) is 0 Å². The molecule has 0 unspecified atom stereocenters. The van der Waals surface area contributed by atoms with E-state index in [1.807, 2.05) is 26.0 Å². The number of anilines is 1. The molecule has 0 aliphatic heterocycles. The van der Waals surface area contributed by atoms with Crippen LogP contribution in [0.5, 0.6) is 0 Å². The third-order valence-corrected chi connectivity index (χ3v) is 4.06. The van der Waals surface area contributed by atoms with E-state index in [9.17, 15) is 9.59 Å². The summed E-state index contributed by atoms with van der Waals surface area (Å²) >= 11 is 0. The topological polar surface area (TPSA) is 76.0 Å². The van der Waals surface area contributed by atoms with Crippen LogP contribution in [0, 0.1) is 5.92 Å². The van der Waals surface area contributed by atoms with Crippen LogP contribution < -0.4 is 16.4 Å². The maximum absolute atomic E-state index is 12.5. The molecule has 1 aliphatic rings. The Labute approximate surface area is 134 Å². The first-order valence-corrected chi connectivity index (χ1v) is 7.84. The number of hydrazine groups is 1. The van der Waals surface area contributed by atoms with Gasteiger partial charge in [0.25, 0.3) is 11.5 Å². The molecule has 1 saturated carbocycles. The molecule has 0 atom stereocenters. The van der Waals surface area contributed by atoms with Gasteiger partial charge in [-0.3, -0.25) is 25.0 Å². The highest BCUT2D eigenvalue weighted by Gasteiger charge is 2.23. The van der Waals surface area contributed by atoms with Crippen LogP contribution in [0.4, 0.5) is 5.95 Å². The number of nitrogens with one attached hydrogen (secondary N) is 2. The summed E-state index contributed by atoms with van der Waals surface area (Å²) in [6.07, 6.45) is 3.91. The van der Waals surface area contributed by atoms with Crippen LogP contribution in [0.2, 0.25) is 0 Å². The van der Waals surface area contributed by atoms with Crippen molar-refractivity contribution in [3.05, 3.63) is 46.3 Å². The van der Waals surface area contributed by atoms with E-state index in [0.717, 1.165) is 18.4 Å². The van der Waals surface area contributed by atoms with E-state index in [2.05, 4.69) is 15.8 Å². The number of nitrogens with zero attached hydrogens (tertiary/aromatic N) is 2. The molecule has 1 aromatic carbocycles. The molecule has 3 rings (SSSR count). The third-order valence-electron chi connectivity index (χ3n) is 4.06. The van der Waals surface area contributed by atoms with Gasteiger partial charge in [0.15, 0.2) is 0 Å². The second-order valence-corrected chi connectivity index (χ2v) is 5.78. The lowest BCUT2D eigenvalue weighted by Crippen LogP contribution is -2.33. The van der Waals surface area contributed by atoms with Crippen molar-refractivity contribution in [3.8, 4) is 0 Å². The quantitative estimate of drug-likeness (QED) is 0.655. The minimum atomic E-state index is -0.237. The van der Waals surface area contributed by atoms with Crippen molar-refractivity contribution < 1.29 is 4.79 Å². The van der Waals surface area contributed by atoms with Crippen LogP contribution in [0.1, 0.15) is 26.7 Å².